The van der Waals surface area contributed by atoms with Crippen LogP contribution in [0.2, 0.25) is 0 Å². The molecule has 0 saturated carbocycles. The number of hydrogen-bond acceptors (Lipinski definition) is 2. The van der Waals surface area contributed by atoms with Crippen LogP contribution in [0.1, 0.15) is 38.8 Å². The summed E-state index contributed by atoms with van der Waals surface area (Å²) >= 11 is 0. The van der Waals surface area contributed by atoms with Crippen LogP contribution in [0, 0.1) is 12.8 Å². The molecule has 0 radical (unpaired) electrons. The first-order valence-electron chi connectivity index (χ1n) is 7.09. The maximum Gasteiger partial charge on any atom is 0.328 e. The molecular weight excluding hydrogens is 250 g/mol. The van der Waals surface area contributed by atoms with Gasteiger partial charge in [0.25, 0.3) is 0 Å². The van der Waals surface area contributed by atoms with Crippen molar-refractivity contribution in [2.45, 2.75) is 40.7 Å². The molecule has 0 unspecified atom stereocenters. The van der Waals surface area contributed by atoms with Crippen molar-refractivity contribution in [2.24, 2.45) is 5.92 Å². The van der Waals surface area contributed by atoms with Gasteiger partial charge in [-0.25, -0.2) is 4.79 Å². The summed E-state index contributed by atoms with van der Waals surface area (Å²) in [7, 11) is 0. The van der Waals surface area contributed by atoms with Gasteiger partial charge in [-0.2, -0.15) is 0 Å². The van der Waals surface area contributed by atoms with Crippen molar-refractivity contribution in [1.82, 2.24) is 0 Å². The number of aliphatic carboxylic acids is 1. The van der Waals surface area contributed by atoms with Crippen LogP contribution in [-0.2, 0) is 4.79 Å². The molecule has 0 aromatic heterocycles. The van der Waals surface area contributed by atoms with Crippen molar-refractivity contribution >= 4 is 17.7 Å². The highest BCUT2D eigenvalue weighted by Crippen LogP contribution is 2.24. The molecule has 110 valence electrons. The third-order valence-electron chi connectivity index (χ3n) is 3.13. The fourth-order valence-corrected chi connectivity index (χ4v) is 2.25. The molecule has 0 saturated heterocycles. The Morgan fingerprint density at radius 3 is 2.40 bits per heavy atom. The molecule has 0 heterocycles. The zero-order valence-corrected chi connectivity index (χ0v) is 13.1. The minimum atomic E-state index is -0.921. The summed E-state index contributed by atoms with van der Waals surface area (Å²) in [6.07, 6.45) is 2.80. The molecule has 0 amide bonds. The molecule has 0 atom stereocenters. The Bertz CT molecular complexity index is 490. The topological polar surface area (TPSA) is 40.5 Å². The predicted molar refractivity (Wildman–Crippen MR) is 85.2 cm³/mol. The van der Waals surface area contributed by atoms with Crippen molar-refractivity contribution in [2.75, 3.05) is 11.4 Å². The molecule has 1 aromatic rings. The Morgan fingerprint density at radius 2 is 1.95 bits per heavy atom. The summed E-state index contributed by atoms with van der Waals surface area (Å²) in [5.74, 6) is -0.321. The van der Waals surface area contributed by atoms with Crippen molar-refractivity contribution < 1.29 is 9.90 Å². The van der Waals surface area contributed by atoms with E-state index in [0.717, 1.165) is 12.1 Å². The molecule has 0 aliphatic carbocycles. The second-order valence-corrected chi connectivity index (χ2v) is 5.86. The van der Waals surface area contributed by atoms with E-state index in [-0.39, 0.29) is 0 Å². The average Bonchev–Trinajstić information content (AvgIpc) is 2.33. The molecule has 0 aliphatic heterocycles. The lowest BCUT2D eigenvalue weighted by molar-refractivity contribution is -0.131. The minimum absolute atomic E-state index is 0.441. The highest BCUT2D eigenvalue weighted by atomic mass is 16.4. The normalized spacial score (nSPS) is 11.6. The molecule has 3 nitrogen and oxygen atoms in total. The average molecular weight is 275 g/mol. The van der Waals surface area contributed by atoms with Gasteiger partial charge in [-0.3, -0.25) is 0 Å². The standard InChI is InChI=1S/C17H25NO2/c1-12(2)11-18(13(3)4)16-8-6-15(10-14(16)5)7-9-17(19)20/h6-10,12-13H,11H2,1-5H3,(H,19,20). The highest BCUT2D eigenvalue weighted by molar-refractivity contribution is 5.85. The van der Waals surface area contributed by atoms with E-state index in [1.54, 1.807) is 6.08 Å². The van der Waals surface area contributed by atoms with Gasteiger partial charge in [0.1, 0.15) is 0 Å². The molecular formula is C17H25NO2. The Labute approximate surface area is 121 Å². The number of benzene rings is 1. The molecule has 0 spiro atoms. The summed E-state index contributed by atoms with van der Waals surface area (Å²) in [6.45, 7) is 11.9. The van der Waals surface area contributed by atoms with Crippen LogP contribution in [0.25, 0.3) is 6.08 Å². The lowest BCUT2D eigenvalue weighted by atomic mass is 10.1. The Balaban J connectivity index is 3.03. The Morgan fingerprint density at radius 1 is 1.30 bits per heavy atom. The van der Waals surface area contributed by atoms with Gasteiger partial charge in [0.2, 0.25) is 0 Å². The van der Waals surface area contributed by atoms with E-state index in [1.807, 2.05) is 12.1 Å². The molecule has 1 aromatic carbocycles. The summed E-state index contributed by atoms with van der Waals surface area (Å²) < 4.78 is 0. The number of carboxylic acid groups (broad SMARTS) is 1. The van der Waals surface area contributed by atoms with Crippen LogP contribution in [-0.4, -0.2) is 23.7 Å². The summed E-state index contributed by atoms with van der Waals surface area (Å²) in [6, 6.07) is 6.53. The van der Waals surface area contributed by atoms with Gasteiger partial charge in [0.05, 0.1) is 0 Å². The number of rotatable bonds is 6. The lowest BCUT2D eigenvalue weighted by Crippen LogP contribution is -2.34. The number of nitrogens with zero attached hydrogens (tertiary/aromatic N) is 1. The van der Waals surface area contributed by atoms with Gasteiger partial charge in [0.15, 0.2) is 0 Å². The van der Waals surface area contributed by atoms with Gasteiger partial charge in [-0.05, 0) is 56.0 Å². The summed E-state index contributed by atoms with van der Waals surface area (Å²) in [4.78, 5) is 12.9. The highest BCUT2D eigenvalue weighted by Gasteiger charge is 2.14. The fourth-order valence-electron chi connectivity index (χ4n) is 2.25. The lowest BCUT2D eigenvalue weighted by Gasteiger charge is -2.32. The molecule has 0 aliphatic rings. The van der Waals surface area contributed by atoms with E-state index in [0.29, 0.717) is 12.0 Å². The van der Waals surface area contributed by atoms with Gasteiger partial charge < -0.3 is 10.0 Å². The molecule has 1 N–H and O–H groups in total. The minimum Gasteiger partial charge on any atom is -0.478 e. The molecule has 3 heteroatoms. The maximum absolute atomic E-state index is 10.5. The first-order valence-corrected chi connectivity index (χ1v) is 7.09. The number of carbonyl (C=O) groups is 1. The second kappa shape index (κ2) is 7.13. The maximum atomic E-state index is 10.5. The van der Waals surface area contributed by atoms with E-state index in [2.05, 4.69) is 45.6 Å². The number of hydrogen-bond donors (Lipinski definition) is 1. The van der Waals surface area contributed by atoms with Gasteiger partial charge >= 0.3 is 5.97 Å². The number of anilines is 1. The van der Waals surface area contributed by atoms with Gasteiger partial charge in [-0.15, -0.1) is 0 Å². The molecule has 1 rings (SSSR count). The first kappa shape index (κ1) is 16.3. The van der Waals surface area contributed by atoms with Crippen LogP contribution in [0.5, 0.6) is 0 Å². The molecule has 0 bridgehead atoms. The van der Waals surface area contributed by atoms with Crippen LogP contribution < -0.4 is 4.90 Å². The first-order chi connectivity index (χ1) is 9.31. The Hall–Kier alpha value is -1.77. The van der Waals surface area contributed by atoms with Crippen LogP contribution >= 0.6 is 0 Å². The summed E-state index contributed by atoms with van der Waals surface area (Å²) in [5.41, 5.74) is 3.31. The zero-order valence-electron chi connectivity index (χ0n) is 13.1. The van der Waals surface area contributed by atoms with Crippen LogP contribution in [0.4, 0.5) is 5.69 Å². The van der Waals surface area contributed by atoms with Crippen LogP contribution in [0.3, 0.4) is 0 Å². The second-order valence-electron chi connectivity index (χ2n) is 5.86. The molecule has 0 fully saturated rings. The van der Waals surface area contributed by atoms with E-state index < -0.39 is 5.97 Å². The largest absolute Gasteiger partial charge is 0.478 e. The third kappa shape index (κ3) is 4.72. The molecule has 20 heavy (non-hydrogen) atoms. The number of aryl methyl sites for hydroxylation is 1. The fraction of sp³-hybridized carbons (Fsp3) is 0.471. The zero-order chi connectivity index (χ0) is 15.3. The summed E-state index contributed by atoms with van der Waals surface area (Å²) in [5, 5.41) is 8.66. The van der Waals surface area contributed by atoms with Gasteiger partial charge in [-0.1, -0.05) is 19.9 Å². The monoisotopic (exact) mass is 275 g/mol. The Kier molecular flexibility index (Phi) is 5.81. The van der Waals surface area contributed by atoms with E-state index in [9.17, 15) is 4.79 Å². The van der Waals surface area contributed by atoms with Crippen molar-refractivity contribution in [3.8, 4) is 0 Å². The predicted octanol–water partition coefficient (Wildman–Crippen LogP) is 3.96. The van der Waals surface area contributed by atoms with Crippen LogP contribution in [0.15, 0.2) is 24.3 Å². The van der Waals surface area contributed by atoms with E-state index in [1.165, 1.54) is 17.3 Å². The van der Waals surface area contributed by atoms with E-state index >= 15 is 0 Å². The quantitative estimate of drug-likeness (QED) is 0.799. The van der Waals surface area contributed by atoms with E-state index in [4.69, 9.17) is 5.11 Å². The van der Waals surface area contributed by atoms with Crippen molar-refractivity contribution in [3.63, 3.8) is 0 Å². The van der Waals surface area contributed by atoms with Gasteiger partial charge in [0, 0.05) is 24.4 Å². The smallest absolute Gasteiger partial charge is 0.328 e. The SMILES string of the molecule is Cc1cc(C=CC(=O)O)ccc1N(CC(C)C)C(C)C. The van der Waals surface area contributed by atoms with Crippen molar-refractivity contribution in [1.29, 1.82) is 0 Å². The number of carboxylic acids is 1. The third-order valence-corrected chi connectivity index (χ3v) is 3.13. The van der Waals surface area contributed by atoms with Crippen molar-refractivity contribution in [3.05, 3.63) is 35.4 Å².